The molecule has 0 aliphatic carbocycles. The SMILES string of the molecule is CNCC1CCCCN1C(=O)CCc1cccnc1. The van der Waals surface area contributed by atoms with Crippen LogP contribution in [-0.4, -0.2) is 42.0 Å². The maximum Gasteiger partial charge on any atom is 0.223 e. The first-order valence-electron chi connectivity index (χ1n) is 7.14. The summed E-state index contributed by atoms with van der Waals surface area (Å²) in [6, 6.07) is 4.33. The second-order valence-corrected chi connectivity index (χ2v) is 5.16. The lowest BCUT2D eigenvalue weighted by atomic mass is 10.0. The number of likely N-dealkylation sites (tertiary alicyclic amines) is 1. The second-order valence-electron chi connectivity index (χ2n) is 5.16. The molecular weight excluding hydrogens is 238 g/mol. The maximum atomic E-state index is 12.3. The van der Waals surface area contributed by atoms with E-state index >= 15 is 0 Å². The number of carbonyl (C=O) groups excluding carboxylic acids is 1. The standard InChI is InChI=1S/C15H23N3O/c1-16-12-14-6-2-3-10-18(14)15(19)8-7-13-5-4-9-17-11-13/h4-5,9,11,14,16H,2-3,6-8,10,12H2,1H3. The summed E-state index contributed by atoms with van der Waals surface area (Å²) in [6.45, 7) is 1.82. The molecule has 1 aliphatic heterocycles. The van der Waals surface area contributed by atoms with Gasteiger partial charge < -0.3 is 10.2 Å². The molecule has 1 aromatic rings. The van der Waals surface area contributed by atoms with Gasteiger partial charge in [-0.25, -0.2) is 0 Å². The van der Waals surface area contributed by atoms with Gasteiger partial charge in [-0.3, -0.25) is 9.78 Å². The molecule has 1 saturated heterocycles. The van der Waals surface area contributed by atoms with Gasteiger partial charge in [0.2, 0.25) is 5.91 Å². The molecule has 0 spiro atoms. The molecule has 1 N–H and O–H groups in total. The molecule has 104 valence electrons. The first-order valence-corrected chi connectivity index (χ1v) is 7.14. The van der Waals surface area contributed by atoms with Gasteiger partial charge in [0.15, 0.2) is 0 Å². The molecule has 4 nitrogen and oxygen atoms in total. The minimum absolute atomic E-state index is 0.281. The van der Waals surface area contributed by atoms with Crippen LogP contribution in [-0.2, 0) is 11.2 Å². The highest BCUT2D eigenvalue weighted by atomic mass is 16.2. The fraction of sp³-hybridized carbons (Fsp3) is 0.600. The Balaban J connectivity index is 1.87. The van der Waals surface area contributed by atoms with Crippen LogP contribution in [0.25, 0.3) is 0 Å². The quantitative estimate of drug-likeness (QED) is 0.876. The Morgan fingerprint density at radius 3 is 3.16 bits per heavy atom. The third-order valence-electron chi connectivity index (χ3n) is 3.74. The maximum absolute atomic E-state index is 12.3. The fourth-order valence-corrected chi connectivity index (χ4v) is 2.72. The normalized spacial score (nSPS) is 19.4. The van der Waals surface area contributed by atoms with Crippen LogP contribution in [0.5, 0.6) is 0 Å². The van der Waals surface area contributed by atoms with Crippen molar-refractivity contribution in [2.45, 2.75) is 38.1 Å². The largest absolute Gasteiger partial charge is 0.338 e. The van der Waals surface area contributed by atoms with Crippen molar-refractivity contribution in [3.05, 3.63) is 30.1 Å². The minimum Gasteiger partial charge on any atom is -0.338 e. The molecule has 2 rings (SSSR count). The molecule has 4 heteroatoms. The van der Waals surface area contributed by atoms with Gasteiger partial charge in [0.1, 0.15) is 0 Å². The molecule has 19 heavy (non-hydrogen) atoms. The monoisotopic (exact) mass is 261 g/mol. The van der Waals surface area contributed by atoms with Crippen LogP contribution in [0, 0.1) is 0 Å². The van der Waals surface area contributed by atoms with Crippen molar-refractivity contribution in [2.75, 3.05) is 20.1 Å². The summed E-state index contributed by atoms with van der Waals surface area (Å²) in [7, 11) is 1.95. The average molecular weight is 261 g/mol. The van der Waals surface area contributed by atoms with Crippen LogP contribution >= 0.6 is 0 Å². The molecular formula is C15H23N3O. The van der Waals surface area contributed by atoms with Crippen molar-refractivity contribution in [3.63, 3.8) is 0 Å². The Hall–Kier alpha value is -1.42. The lowest BCUT2D eigenvalue weighted by Crippen LogP contribution is -2.48. The van der Waals surface area contributed by atoms with Crippen LogP contribution in [0.4, 0.5) is 0 Å². The molecule has 1 fully saturated rings. The number of aryl methyl sites for hydroxylation is 1. The van der Waals surface area contributed by atoms with E-state index < -0.39 is 0 Å². The van der Waals surface area contributed by atoms with Gasteiger partial charge in [0.05, 0.1) is 0 Å². The van der Waals surface area contributed by atoms with Gasteiger partial charge >= 0.3 is 0 Å². The molecule has 1 aliphatic rings. The van der Waals surface area contributed by atoms with Crippen LogP contribution in [0.15, 0.2) is 24.5 Å². The summed E-state index contributed by atoms with van der Waals surface area (Å²) < 4.78 is 0. The number of hydrogen-bond donors (Lipinski definition) is 1. The Morgan fingerprint density at radius 2 is 2.42 bits per heavy atom. The Bertz CT molecular complexity index is 392. The summed E-state index contributed by atoms with van der Waals surface area (Å²) in [5.74, 6) is 0.281. The van der Waals surface area contributed by atoms with Crippen molar-refractivity contribution in [2.24, 2.45) is 0 Å². The van der Waals surface area contributed by atoms with Gasteiger partial charge in [0.25, 0.3) is 0 Å². The van der Waals surface area contributed by atoms with Crippen molar-refractivity contribution < 1.29 is 4.79 Å². The number of hydrogen-bond acceptors (Lipinski definition) is 3. The van der Waals surface area contributed by atoms with Gasteiger partial charge in [-0.2, -0.15) is 0 Å². The van der Waals surface area contributed by atoms with Crippen LogP contribution in [0.1, 0.15) is 31.2 Å². The lowest BCUT2D eigenvalue weighted by Gasteiger charge is -2.36. The molecule has 0 radical (unpaired) electrons. The Morgan fingerprint density at radius 1 is 1.53 bits per heavy atom. The number of aromatic nitrogens is 1. The van der Waals surface area contributed by atoms with E-state index in [1.54, 1.807) is 6.20 Å². The van der Waals surface area contributed by atoms with Gasteiger partial charge in [-0.1, -0.05) is 6.07 Å². The Labute approximate surface area is 115 Å². The van der Waals surface area contributed by atoms with E-state index in [2.05, 4.69) is 15.2 Å². The zero-order valence-electron chi connectivity index (χ0n) is 11.6. The molecule has 1 aromatic heterocycles. The van der Waals surface area contributed by atoms with E-state index in [-0.39, 0.29) is 5.91 Å². The third kappa shape index (κ3) is 4.03. The lowest BCUT2D eigenvalue weighted by molar-refractivity contribution is -0.134. The van der Waals surface area contributed by atoms with E-state index in [4.69, 9.17) is 0 Å². The highest BCUT2D eigenvalue weighted by molar-refractivity contribution is 5.77. The van der Waals surface area contributed by atoms with Crippen LogP contribution in [0.2, 0.25) is 0 Å². The number of piperidine rings is 1. The zero-order valence-corrected chi connectivity index (χ0v) is 11.6. The minimum atomic E-state index is 0.281. The van der Waals surface area contributed by atoms with Gasteiger partial charge in [-0.05, 0) is 44.4 Å². The number of nitrogens with one attached hydrogen (secondary N) is 1. The van der Waals surface area contributed by atoms with Crippen molar-refractivity contribution >= 4 is 5.91 Å². The summed E-state index contributed by atoms with van der Waals surface area (Å²) in [4.78, 5) is 18.5. The zero-order chi connectivity index (χ0) is 13.5. The molecule has 0 saturated carbocycles. The predicted molar refractivity (Wildman–Crippen MR) is 75.8 cm³/mol. The predicted octanol–water partition coefficient (Wildman–Crippen LogP) is 1.61. The topological polar surface area (TPSA) is 45.2 Å². The summed E-state index contributed by atoms with van der Waals surface area (Å²) >= 11 is 0. The molecule has 0 bridgehead atoms. The Kier molecular flexibility index (Phi) is 5.33. The molecule has 1 atom stereocenters. The van der Waals surface area contributed by atoms with Crippen molar-refractivity contribution in [3.8, 4) is 0 Å². The van der Waals surface area contributed by atoms with E-state index in [1.165, 1.54) is 6.42 Å². The fourth-order valence-electron chi connectivity index (χ4n) is 2.72. The summed E-state index contributed by atoms with van der Waals surface area (Å²) in [6.07, 6.45) is 8.48. The second kappa shape index (κ2) is 7.24. The molecule has 1 unspecified atom stereocenters. The first kappa shape index (κ1) is 14.0. The first-order chi connectivity index (χ1) is 9.31. The van der Waals surface area contributed by atoms with E-state index in [0.717, 1.165) is 37.9 Å². The van der Waals surface area contributed by atoms with Gasteiger partial charge in [-0.15, -0.1) is 0 Å². The number of carbonyl (C=O) groups is 1. The third-order valence-corrected chi connectivity index (χ3v) is 3.74. The van der Waals surface area contributed by atoms with Crippen LogP contribution < -0.4 is 5.32 Å². The van der Waals surface area contributed by atoms with Crippen molar-refractivity contribution in [1.82, 2.24) is 15.2 Å². The number of nitrogens with zero attached hydrogens (tertiary/aromatic N) is 2. The molecule has 1 amide bonds. The highest BCUT2D eigenvalue weighted by Crippen LogP contribution is 2.18. The molecule has 2 heterocycles. The highest BCUT2D eigenvalue weighted by Gasteiger charge is 2.25. The van der Waals surface area contributed by atoms with Crippen LogP contribution in [0.3, 0.4) is 0 Å². The number of rotatable bonds is 5. The van der Waals surface area contributed by atoms with E-state index in [0.29, 0.717) is 12.5 Å². The smallest absolute Gasteiger partial charge is 0.223 e. The number of pyridine rings is 1. The van der Waals surface area contributed by atoms with Crippen molar-refractivity contribution in [1.29, 1.82) is 0 Å². The number of amides is 1. The van der Waals surface area contributed by atoms with E-state index in [9.17, 15) is 4.79 Å². The van der Waals surface area contributed by atoms with Gasteiger partial charge in [0, 0.05) is 37.9 Å². The molecule has 0 aromatic carbocycles. The summed E-state index contributed by atoms with van der Waals surface area (Å²) in [5.41, 5.74) is 1.14. The summed E-state index contributed by atoms with van der Waals surface area (Å²) in [5, 5.41) is 3.19. The van der Waals surface area contributed by atoms with E-state index in [1.807, 2.05) is 25.4 Å². The number of likely N-dealkylation sites (N-methyl/N-ethyl adjacent to an activating group) is 1. The average Bonchev–Trinajstić information content (AvgIpc) is 2.47.